The summed E-state index contributed by atoms with van der Waals surface area (Å²) in [5.74, 6) is -1.98. The molecule has 8 nitrogen and oxygen atoms in total. The molecule has 174 valence electrons. The maximum atomic E-state index is 14.0. The summed E-state index contributed by atoms with van der Waals surface area (Å²) in [6.45, 7) is 3.81. The van der Waals surface area contributed by atoms with Gasteiger partial charge in [-0.05, 0) is 36.8 Å². The van der Waals surface area contributed by atoms with Crippen molar-refractivity contribution in [2.45, 2.75) is 38.5 Å². The van der Waals surface area contributed by atoms with Crippen molar-refractivity contribution in [2.75, 3.05) is 18.4 Å². The fraction of sp³-hybridized carbons (Fsp3) is 0.348. The number of carbonyl (C=O) groups is 3. The van der Waals surface area contributed by atoms with Crippen LogP contribution in [0, 0.1) is 11.6 Å². The molecule has 3 atom stereocenters. The molecule has 2 aliphatic heterocycles. The molecule has 2 N–H and O–H groups in total. The van der Waals surface area contributed by atoms with Gasteiger partial charge in [-0.1, -0.05) is 31.2 Å². The largest absolute Gasteiger partial charge is 0.327 e. The van der Waals surface area contributed by atoms with Crippen LogP contribution < -0.4 is 10.7 Å². The van der Waals surface area contributed by atoms with E-state index < -0.39 is 41.6 Å². The number of fused-ring (bicyclic) bond motifs is 1. The number of likely N-dealkylation sites (N-methyl/N-ethyl adjacent to an activating group) is 1. The van der Waals surface area contributed by atoms with Crippen LogP contribution in [0.2, 0.25) is 0 Å². The van der Waals surface area contributed by atoms with Gasteiger partial charge in [-0.2, -0.15) is 0 Å². The summed E-state index contributed by atoms with van der Waals surface area (Å²) in [5, 5.41) is 4.25. The molecule has 2 fully saturated rings. The lowest BCUT2D eigenvalue weighted by atomic mass is 9.97. The molecule has 2 aromatic carbocycles. The maximum Gasteiger partial charge on any atom is 0.327 e. The van der Waals surface area contributed by atoms with E-state index in [0.29, 0.717) is 12.1 Å². The number of imide groups is 1. The standard InChI is InChI=1S/C23H25F2N5O3/c1-3-30-21-20(14(2)27-30)28(13-19(31)26-18-7-5-4-6-17(18)25)23(33)29(22(21)32)12-15-8-10-16(24)11-9-15/h4-11,14,20-21,27H,3,12-13H2,1-2H3,(H,26,31). The van der Waals surface area contributed by atoms with Crippen molar-refractivity contribution in [3.63, 3.8) is 0 Å². The number of hydrogen-bond donors (Lipinski definition) is 2. The highest BCUT2D eigenvalue weighted by atomic mass is 19.1. The third-order valence-corrected chi connectivity index (χ3v) is 5.95. The van der Waals surface area contributed by atoms with Crippen molar-refractivity contribution in [3.05, 3.63) is 65.7 Å². The Labute approximate surface area is 190 Å². The summed E-state index contributed by atoms with van der Waals surface area (Å²) < 4.78 is 27.3. The Bertz CT molecular complexity index is 1060. The van der Waals surface area contributed by atoms with Gasteiger partial charge in [0.1, 0.15) is 24.2 Å². The summed E-state index contributed by atoms with van der Waals surface area (Å²) in [6.07, 6.45) is 0. The molecule has 0 aliphatic carbocycles. The number of urea groups is 1. The molecule has 0 spiro atoms. The first-order chi connectivity index (χ1) is 15.8. The highest BCUT2D eigenvalue weighted by molar-refractivity contribution is 6.03. The highest BCUT2D eigenvalue weighted by Crippen LogP contribution is 2.30. The smallest absolute Gasteiger partial charge is 0.322 e. The first-order valence-corrected chi connectivity index (χ1v) is 10.7. The second-order valence-corrected chi connectivity index (χ2v) is 8.13. The number of para-hydroxylation sites is 1. The van der Waals surface area contributed by atoms with E-state index in [1.807, 2.05) is 13.8 Å². The van der Waals surface area contributed by atoms with Crippen LogP contribution in [0.1, 0.15) is 19.4 Å². The molecule has 2 saturated heterocycles. The van der Waals surface area contributed by atoms with Crippen molar-refractivity contribution >= 4 is 23.5 Å². The lowest BCUT2D eigenvalue weighted by Gasteiger charge is -2.43. The third-order valence-electron chi connectivity index (χ3n) is 5.95. The highest BCUT2D eigenvalue weighted by Gasteiger charge is 2.54. The Morgan fingerprint density at radius 3 is 2.45 bits per heavy atom. The van der Waals surface area contributed by atoms with E-state index in [0.717, 1.165) is 4.90 Å². The normalized spacial score (nSPS) is 23.1. The Kier molecular flexibility index (Phi) is 6.39. The molecule has 4 rings (SSSR count). The minimum Gasteiger partial charge on any atom is -0.322 e. The number of hydrogen-bond acceptors (Lipinski definition) is 5. The summed E-state index contributed by atoms with van der Waals surface area (Å²) in [6, 6.07) is 9.10. The van der Waals surface area contributed by atoms with Crippen LogP contribution in [-0.4, -0.2) is 63.9 Å². The van der Waals surface area contributed by atoms with Gasteiger partial charge in [-0.25, -0.2) is 24.0 Å². The first-order valence-electron chi connectivity index (χ1n) is 10.7. The van der Waals surface area contributed by atoms with Crippen LogP contribution in [0.3, 0.4) is 0 Å². The quantitative estimate of drug-likeness (QED) is 0.696. The number of benzene rings is 2. The van der Waals surface area contributed by atoms with Gasteiger partial charge < -0.3 is 10.2 Å². The zero-order valence-electron chi connectivity index (χ0n) is 18.3. The van der Waals surface area contributed by atoms with E-state index in [1.165, 1.54) is 47.4 Å². The van der Waals surface area contributed by atoms with E-state index >= 15 is 0 Å². The molecular formula is C23H25F2N5O3. The van der Waals surface area contributed by atoms with Crippen LogP contribution in [-0.2, 0) is 16.1 Å². The Morgan fingerprint density at radius 2 is 1.79 bits per heavy atom. The fourth-order valence-electron chi connectivity index (χ4n) is 4.42. The van der Waals surface area contributed by atoms with Crippen molar-refractivity contribution < 1.29 is 23.2 Å². The molecule has 0 radical (unpaired) electrons. The molecule has 33 heavy (non-hydrogen) atoms. The zero-order chi connectivity index (χ0) is 23.7. The number of nitrogens with one attached hydrogen (secondary N) is 2. The van der Waals surface area contributed by atoms with E-state index in [-0.39, 0.29) is 24.8 Å². The number of halogens is 2. The molecular weight excluding hydrogens is 432 g/mol. The van der Waals surface area contributed by atoms with E-state index in [9.17, 15) is 23.2 Å². The minimum absolute atomic E-state index is 0.00975. The molecule has 2 aromatic rings. The Balaban J connectivity index is 1.61. The predicted molar refractivity (Wildman–Crippen MR) is 117 cm³/mol. The van der Waals surface area contributed by atoms with Gasteiger partial charge in [0, 0.05) is 12.6 Å². The fourth-order valence-corrected chi connectivity index (χ4v) is 4.42. The lowest BCUT2D eigenvalue weighted by molar-refractivity contribution is -0.140. The van der Waals surface area contributed by atoms with Crippen LogP contribution in [0.25, 0.3) is 0 Å². The SMILES string of the molecule is CCN1NC(C)C2C1C(=O)N(Cc1ccc(F)cc1)C(=O)N2CC(=O)Nc1ccccc1F. The number of hydrazine groups is 1. The average Bonchev–Trinajstić information content (AvgIpc) is 3.13. The molecule has 2 heterocycles. The monoisotopic (exact) mass is 457 g/mol. The maximum absolute atomic E-state index is 14.0. The minimum atomic E-state index is -0.690. The second-order valence-electron chi connectivity index (χ2n) is 8.13. The van der Waals surface area contributed by atoms with Gasteiger partial charge in [0.2, 0.25) is 5.91 Å². The Morgan fingerprint density at radius 1 is 1.09 bits per heavy atom. The van der Waals surface area contributed by atoms with E-state index in [4.69, 9.17) is 0 Å². The number of nitrogens with zero attached hydrogens (tertiary/aromatic N) is 3. The van der Waals surface area contributed by atoms with Gasteiger partial charge in [0.25, 0.3) is 5.91 Å². The number of rotatable bonds is 6. The summed E-state index contributed by atoms with van der Waals surface area (Å²) in [4.78, 5) is 41.9. The predicted octanol–water partition coefficient (Wildman–Crippen LogP) is 2.33. The molecule has 4 amide bonds. The summed E-state index contributed by atoms with van der Waals surface area (Å²) in [7, 11) is 0. The zero-order valence-corrected chi connectivity index (χ0v) is 18.3. The van der Waals surface area contributed by atoms with Gasteiger partial charge in [0.05, 0.1) is 18.3 Å². The summed E-state index contributed by atoms with van der Waals surface area (Å²) >= 11 is 0. The van der Waals surface area contributed by atoms with Crippen LogP contribution in [0.15, 0.2) is 48.5 Å². The van der Waals surface area contributed by atoms with Gasteiger partial charge in [0.15, 0.2) is 0 Å². The van der Waals surface area contributed by atoms with Gasteiger partial charge in [-0.3, -0.25) is 14.5 Å². The van der Waals surface area contributed by atoms with Crippen molar-refractivity contribution in [3.8, 4) is 0 Å². The van der Waals surface area contributed by atoms with Crippen LogP contribution >= 0.6 is 0 Å². The number of amides is 4. The summed E-state index contributed by atoms with van der Waals surface area (Å²) in [5.41, 5.74) is 3.79. The van der Waals surface area contributed by atoms with Crippen LogP contribution in [0.5, 0.6) is 0 Å². The molecule has 10 heteroatoms. The second kappa shape index (κ2) is 9.24. The van der Waals surface area contributed by atoms with Gasteiger partial charge in [-0.15, -0.1) is 0 Å². The first kappa shape index (κ1) is 22.8. The third kappa shape index (κ3) is 4.44. The molecule has 0 bridgehead atoms. The molecule has 3 unspecified atom stereocenters. The molecule has 2 aliphatic rings. The van der Waals surface area contributed by atoms with Gasteiger partial charge >= 0.3 is 6.03 Å². The topological polar surface area (TPSA) is 85.0 Å². The number of anilines is 1. The average molecular weight is 457 g/mol. The molecule has 0 saturated carbocycles. The van der Waals surface area contributed by atoms with Crippen LogP contribution in [0.4, 0.5) is 19.3 Å². The van der Waals surface area contributed by atoms with Crippen molar-refractivity contribution in [2.24, 2.45) is 0 Å². The van der Waals surface area contributed by atoms with E-state index in [1.54, 1.807) is 11.1 Å². The number of carbonyl (C=O) groups excluding carboxylic acids is 3. The van der Waals surface area contributed by atoms with Crippen molar-refractivity contribution in [1.29, 1.82) is 0 Å². The molecule has 0 aromatic heterocycles. The Hall–Kier alpha value is -3.37. The lowest BCUT2D eigenvalue weighted by Crippen LogP contribution is -2.67. The van der Waals surface area contributed by atoms with Crippen molar-refractivity contribution in [1.82, 2.24) is 20.2 Å². The van der Waals surface area contributed by atoms with E-state index in [2.05, 4.69) is 10.7 Å².